The molecular formula is C20H28N6O. The molecular weight excluding hydrogens is 340 g/mol. The molecule has 0 saturated carbocycles. The van der Waals surface area contributed by atoms with Crippen molar-refractivity contribution in [2.75, 3.05) is 55.0 Å². The van der Waals surface area contributed by atoms with Crippen LogP contribution in [0.3, 0.4) is 0 Å². The largest absolute Gasteiger partial charge is 0.504 e. The summed E-state index contributed by atoms with van der Waals surface area (Å²) in [4.78, 5) is 8.95. The molecule has 5 N–H and O–H groups in total. The molecule has 3 rings (SSSR count). The van der Waals surface area contributed by atoms with E-state index in [4.69, 9.17) is 5.73 Å². The number of nitrogen functional groups attached to an aromatic ring is 1. The van der Waals surface area contributed by atoms with Crippen molar-refractivity contribution in [3.05, 3.63) is 43.0 Å². The second-order valence-electron chi connectivity index (χ2n) is 6.98. The van der Waals surface area contributed by atoms with Crippen LogP contribution in [0.2, 0.25) is 0 Å². The minimum absolute atomic E-state index is 0.0491. The third-order valence-electron chi connectivity index (χ3n) is 4.86. The number of hydrogen-bond donors (Lipinski definition) is 4. The van der Waals surface area contributed by atoms with Crippen LogP contribution in [-0.4, -0.2) is 54.8 Å². The van der Waals surface area contributed by atoms with Crippen LogP contribution in [0.4, 0.5) is 28.7 Å². The summed E-state index contributed by atoms with van der Waals surface area (Å²) in [7, 11) is 4.27. The maximum Gasteiger partial charge on any atom is 0.168 e. The lowest BCUT2D eigenvalue weighted by atomic mass is 10.2. The van der Waals surface area contributed by atoms with Crippen molar-refractivity contribution < 1.29 is 5.11 Å². The normalized spacial score (nSPS) is 16.6. The van der Waals surface area contributed by atoms with Crippen molar-refractivity contribution in [1.82, 2.24) is 9.88 Å². The summed E-state index contributed by atoms with van der Waals surface area (Å²) in [5.41, 5.74) is 8.54. The predicted molar refractivity (Wildman–Crippen MR) is 113 cm³/mol. The lowest BCUT2D eigenvalue weighted by molar-refractivity contribution is 0.315. The van der Waals surface area contributed by atoms with Crippen molar-refractivity contribution in [3.8, 4) is 5.75 Å². The van der Waals surface area contributed by atoms with Gasteiger partial charge in [0.05, 0.1) is 5.69 Å². The zero-order valence-electron chi connectivity index (χ0n) is 15.9. The molecule has 2 heterocycles. The highest BCUT2D eigenvalue weighted by atomic mass is 16.3. The van der Waals surface area contributed by atoms with E-state index in [1.165, 1.54) is 12.1 Å². The van der Waals surface area contributed by atoms with E-state index >= 15 is 0 Å². The summed E-state index contributed by atoms with van der Waals surface area (Å²) in [6.45, 7) is 6.37. The molecule has 2 aromatic rings. The number of anilines is 5. The minimum atomic E-state index is -0.0491. The molecule has 1 aromatic heterocycles. The molecule has 27 heavy (non-hydrogen) atoms. The molecule has 1 aliphatic heterocycles. The highest BCUT2D eigenvalue weighted by Crippen LogP contribution is 2.31. The maximum absolute atomic E-state index is 9.82. The first-order valence-electron chi connectivity index (χ1n) is 9.10. The summed E-state index contributed by atoms with van der Waals surface area (Å²) in [6.07, 6.45) is 2.92. The molecule has 1 atom stereocenters. The Bertz CT molecular complexity index is 790. The number of aromatic nitrogens is 1. The average molecular weight is 368 g/mol. The minimum Gasteiger partial charge on any atom is -0.504 e. The number of nitrogens with zero attached hydrogens (tertiary/aromatic N) is 3. The third kappa shape index (κ3) is 4.43. The number of nitrogens with two attached hydrogens (primary N) is 1. The Hall–Kier alpha value is -2.93. The highest BCUT2D eigenvalue weighted by Gasteiger charge is 2.23. The van der Waals surface area contributed by atoms with Gasteiger partial charge in [-0.25, -0.2) is 4.98 Å². The number of benzene rings is 1. The van der Waals surface area contributed by atoms with Crippen LogP contribution in [0.5, 0.6) is 5.75 Å². The molecule has 7 nitrogen and oxygen atoms in total. The Labute approximate surface area is 160 Å². The number of rotatable bonds is 7. The first kappa shape index (κ1) is 18.8. The number of pyridine rings is 1. The zero-order chi connectivity index (χ0) is 19.4. The van der Waals surface area contributed by atoms with Gasteiger partial charge in [0.15, 0.2) is 17.4 Å². The molecule has 0 amide bonds. The monoisotopic (exact) mass is 368 g/mol. The van der Waals surface area contributed by atoms with Crippen molar-refractivity contribution in [3.63, 3.8) is 0 Å². The Kier molecular flexibility index (Phi) is 5.71. The van der Waals surface area contributed by atoms with Gasteiger partial charge in [-0.2, -0.15) is 0 Å². The molecule has 0 bridgehead atoms. The molecule has 1 aliphatic rings. The molecule has 0 aliphatic carbocycles. The zero-order valence-corrected chi connectivity index (χ0v) is 15.9. The van der Waals surface area contributed by atoms with E-state index in [0.717, 1.165) is 18.8 Å². The lowest BCUT2D eigenvalue weighted by Gasteiger charge is -2.22. The van der Waals surface area contributed by atoms with Crippen molar-refractivity contribution in [2.45, 2.75) is 12.5 Å². The van der Waals surface area contributed by atoms with Crippen LogP contribution >= 0.6 is 0 Å². The van der Waals surface area contributed by atoms with Crippen molar-refractivity contribution in [1.29, 1.82) is 0 Å². The maximum atomic E-state index is 9.82. The first-order valence-corrected chi connectivity index (χ1v) is 9.10. The van der Waals surface area contributed by atoms with E-state index in [1.54, 1.807) is 12.1 Å². The lowest BCUT2D eigenvalue weighted by Crippen LogP contribution is -2.31. The van der Waals surface area contributed by atoms with Gasteiger partial charge in [-0.3, -0.25) is 0 Å². The smallest absolute Gasteiger partial charge is 0.168 e. The van der Waals surface area contributed by atoms with Gasteiger partial charge in [0.1, 0.15) is 0 Å². The summed E-state index contributed by atoms with van der Waals surface area (Å²) in [5, 5.41) is 16.2. The summed E-state index contributed by atoms with van der Waals surface area (Å²) in [6, 6.07) is 10.4. The number of likely N-dealkylation sites (N-methyl/N-ethyl adjacent to an activating group) is 1. The molecule has 0 spiro atoms. The van der Waals surface area contributed by atoms with Gasteiger partial charge in [-0.15, -0.1) is 6.58 Å². The second-order valence-corrected chi connectivity index (χ2v) is 6.98. The van der Waals surface area contributed by atoms with E-state index < -0.39 is 0 Å². The standard InChI is InChI=1S/C20H28N6O/c1-4-10-22-17-12-18(27)19(21)24-20(17)23-14-5-7-15(8-6-14)26-11-9-16(13-26)25(2)3/h4-8,12,16,22,27H,1,9-11,13H2,2-3H3,(H3,21,23,24). The van der Waals surface area contributed by atoms with Gasteiger partial charge in [-0.1, -0.05) is 6.08 Å². The number of hydrogen-bond acceptors (Lipinski definition) is 7. The highest BCUT2D eigenvalue weighted by molar-refractivity contribution is 5.75. The Morgan fingerprint density at radius 2 is 2.11 bits per heavy atom. The van der Waals surface area contributed by atoms with E-state index in [2.05, 4.69) is 58.2 Å². The predicted octanol–water partition coefficient (Wildman–Crippen LogP) is 2.85. The van der Waals surface area contributed by atoms with Crippen LogP contribution < -0.4 is 21.3 Å². The fourth-order valence-electron chi connectivity index (χ4n) is 3.22. The molecule has 1 fully saturated rings. The Morgan fingerprint density at radius 3 is 2.74 bits per heavy atom. The first-order chi connectivity index (χ1) is 13.0. The molecule has 0 radical (unpaired) electrons. The number of aromatic hydroxyl groups is 1. The third-order valence-corrected chi connectivity index (χ3v) is 4.86. The van der Waals surface area contributed by atoms with Gasteiger partial charge in [0, 0.05) is 43.1 Å². The van der Waals surface area contributed by atoms with E-state index in [-0.39, 0.29) is 11.6 Å². The molecule has 7 heteroatoms. The SMILES string of the molecule is C=CCNc1cc(O)c(N)nc1Nc1ccc(N2CCC(N(C)C)C2)cc1. The fraction of sp³-hybridized carbons (Fsp3) is 0.350. The fourth-order valence-corrected chi connectivity index (χ4v) is 3.22. The van der Waals surface area contributed by atoms with E-state index in [0.29, 0.717) is 24.1 Å². The van der Waals surface area contributed by atoms with Crippen LogP contribution in [-0.2, 0) is 0 Å². The van der Waals surface area contributed by atoms with E-state index in [1.807, 2.05) is 12.1 Å². The van der Waals surface area contributed by atoms with Gasteiger partial charge < -0.3 is 31.3 Å². The van der Waals surface area contributed by atoms with Gasteiger partial charge in [0.25, 0.3) is 0 Å². The second kappa shape index (κ2) is 8.18. The number of nitrogens with one attached hydrogen (secondary N) is 2. The topological polar surface area (TPSA) is 89.7 Å². The Morgan fingerprint density at radius 1 is 1.37 bits per heavy atom. The van der Waals surface area contributed by atoms with Crippen LogP contribution in [0.1, 0.15) is 6.42 Å². The van der Waals surface area contributed by atoms with Gasteiger partial charge >= 0.3 is 0 Å². The van der Waals surface area contributed by atoms with E-state index in [9.17, 15) is 5.11 Å². The van der Waals surface area contributed by atoms with Gasteiger partial charge in [0.2, 0.25) is 0 Å². The van der Waals surface area contributed by atoms with Crippen LogP contribution in [0, 0.1) is 0 Å². The Balaban J connectivity index is 1.73. The van der Waals surface area contributed by atoms with Crippen molar-refractivity contribution >= 4 is 28.7 Å². The molecule has 1 aromatic carbocycles. The summed E-state index contributed by atoms with van der Waals surface area (Å²) in [5.74, 6) is 0.603. The summed E-state index contributed by atoms with van der Waals surface area (Å²) < 4.78 is 0. The molecule has 144 valence electrons. The van der Waals surface area contributed by atoms with Crippen LogP contribution in [0.15, 0.2) is 43.0 Å². The van der Waals surface area contributed by atoms with Crippen molar-refractivity contribution in [2.24, 2.45) is 0 Å². The quantitative estimate of drug-likeness (QED) is 0.559. The van der Waals surface area contributed by atoms with Crippen LogP contribution in [0.25, 0.3) is 0 Å². The summed E-state index contributed by atoms with van der Waals surface area (Å²) >= 11 is 0. The average Bonchev–Trinajstić information content (AvgIpc) is 3.14. The molecule has 1 unspecified atom stereocenters. The van der Waals surface area contributed by atoms with Gasteiger partial charge in [-0.05, 0) is 44.8 Å². The molecule has 1 saturated heterocycles.